The summed E-state index contributed by atoms with van der Waals surface area (Å²) in [5, 5.41) is 2.65. The Hall–Kier alpha value is -3.80. The lowest BCUT2D eigenvalue weighted by molar-refractivity contribution is -0.0488. The molecule has 0 spiro atoms. The van der Waals surface area contributed by atoms with Crippen LogP contribution in [0.1, 0.15) is 63.1 Å². The van der Waals surface area contributed by atoms with Crippen LogP contribution in [-0.2, 0) is 14.8 Å². The first kappa shape index (κ1) is 32.7. The molecule has 5 aromatic rings. The molecule has 2 saturated heterocycles. The lowest BCUT2D eigenvalue weighted by Crippen LogP contribution is -2.67. The van der Waals surface area contributed by atoms with Gasteiger partial charge in [0.2, 0.25) is 0 Å². The van der Waals surface area contributed by atoms with Gasteiger partial charge in [0.1, 0.15) is 5.60 Å². The van der Waals surface area contributed by atoms with Gasteiger partial charge in [0.05, 0.1) is 13.2 Å². The van der Waals surface area contributed by atoms with Crippen molar-refractivity contribution in [2.45, 2.75) is 68.7 Å². The third-order valence-corrected chi connectivity index (χ3v) is 16.0. The first-order chi connectivity index (χ1) is 23.4. The molecule has 246 valence electrons. The second-order valence-corrected chi connectivity index (χ2v) is 19.1. The van der Waals surface area contributed by atoms with Gasteiger partial charge >= 0.3 is 0 Å². The highest BCUT2D eigenvalue weighted by Gasteiger charge is 2.54. The Labute approximate surface area is 288 Å². The summed E-state index contributed by atoms with van der Waals surface area (Å²) in [6.45, 7) is 9.61. The van der Waals surface area contributed by atoms with E-state index in [0.717, 1.165) is 49.1 Å². The van der Waals surface area contributed by atoms with Gasteiger partial charge in [0.25, 0.3) is 8.32 Å². The molecule has 2 atom stereocenters. The van der Waals surface area contributed by atoms with Crippen molar-refractivity contribution in [1.82, 2.24) is 4.90 Å². The molecule has 7 rings (SSSR count). The molecule has 0 unspecified atom stereocenters. The predicted molar refractivity (Wildman–Crippen MR) is 200 cm³/mol. The first-order valence-electron chi connectivity index (χ1n) is 17.7. The molecular weight excluding hydrogens is 603 g/mol. The van der Waals surface area contributed by atoms with Gasteiger partial charge in [-0.15, -0.1) is 0 Å². The maximum Gasteiger partial charge on any atom is 0.261 e. The first-order valence-corrected chi connectivity index (χ1v) is 19.6. The van der Waals surface area contributed by atoms with Gasteiger partial charge in [0.15, 0.2) is 0 Å². The summed E-state index contributed by atoms with van der Waals surface area (Å²) in [7, 11) is -2.62. The molecule has 2 fully saturated rings. The minimum absolute atomic E-state index is 0.0109. The van der Waals surface area contributed by atoms with Crippen LogP contribution in [0.5, 0.6) is 0 Å². The highest BCUT2D eigenvalue weighted by Crippen LogP contribution is 2.47. The fourth-order valence-corrected chi connectivity index (χ4v) is 13.4. The molecule has 2 aliphatic heterocycles. The predicted octanol–water partition coefficient (Wildman–Crippen LogP) is 8.57. The minimum Gasteiger partial charge on any atom is -0.406 e. The molecule has 0 aliphatic carbocycles. The summed E-state index contributed by atoms with van der Waals surface area (Å²) in [5.74, 6) is 0. The molecule has 0 N–H and O–H groups in total. The molecule has 0 bridgehead atoms. The van der Waals surface area contributed by atoms with E-state index in [1.54, 1.807) is 0 Å². The van der Waals surface area contributed by atoms with Crippen LogP contribution in [-0.4, -0.2) is 44.6 Å². The Bertz CT molecular complexity index is 1610. The van der Waals surface area contributed by atoms with E-state index in [1.807, 2.05) is 0 Å². The van der Waals surface area contributed by atoms with Crippen LogP contribution in [0.25, 0.3) is 0 Å². The van der Waals surface area contributed by atoms with Gasteiger partial charge in [-0.3, -0.25) is 4.90 Å². The zero-order valence-corrected chi connectivity index (χ0v) is 29.7. The number of hydrogen-bond acceptors (Lipinski definition) is 3. The molecule has 0 saturated carbocycles. The molecular formula is C44H49NO2Si. The summed E-state index contributed by atoms with van der Waals surface area (Å²) >= 11 is 0. The van der Waals surface area contributed by atoms with E-state index in [2.05, 4.69) is 177 Å². The largest absolute Gasteiger partial charge is 0.406 e. The minimum atomic E-state index is -2.62. The van der Waals surface area contributed by atoms with Gasteiger partial charge in [-0.1, -0.05) is 172 Å². The summed E-state index contributed by atoms with van der Waals surface area (Å²) in [5.41, 5.74) is 2.76. The van der Waals surface area contributed by atoms with Gasteiger partial charge in [0, 0.05) is 11.6 Å². The number of rotatable bonds is 11. The summed E-state index contributed by atoms with van der Waals surface area (Å²) in [6, 6.07) is 54.9. The normalized spacial score (nSPS) is 20.1. The maximum atomic E-state index is 7.51. The average molecular weight is 652 g/mol. The SMILES string of the molecule is CC(C)(C)[Si](OC[C@@H]1CC[C@@]2(COC(c3ccccc3)(c3ccccc3)c3ccccc3)CCCN12)(c1ccccc1)c1ccccc1. The lowest BCUT2D eigenvalue weighted by Gasteiger charge is -2.45. The number of hydrogen-bond donors (Lipinski definition) is 0. The zero-order valence-electron chi connectivity index (χ0n) is 28.7. The van der Waals surface area contributed by atoms with Crippen molar-refractivity contribution in [3.63, 3.8) is 0 Å². The number of benzene rings is 5. The van der Waals surface area contributed by atoms with Crippen molar-refractivity contribution < 1.29 is 9.16 Å². The Morgan fingerprint density at radius 3 is 1.50 bits per heavy atom. The van der Waals surface area contributed by atoms with E-state index in [-0.39, 0.29) is 10.6 Å². The van der Waals surface area contributed by atoms with E-state index >= 15 is 0 Å². The van der Waals surface area contributed by atoms with Crippen LogP contribution in [0.4, 0.5) is 0 Å². The highest BCUT2D eigenvalue weighted by molar-refractivity contribution is 6.99. The van der Waals surface area contributed by atoms with Gasteiger partial charge in [-0.25, -0.2) is 0 Å². The van der Waals surface area contributed by atoms with Crippen LogP contribution in [0.2, 0.25) is 5.04 Å². The van der Waals surface area contributed by atoms with Gasteiger partial charge in [-0.05, 0) is 64.3 Å². The van der Waals surface area contributed by atoms with E-state index in [0.29, 0.717) is 12.6 Å². The average Bonchev–Trinajstić information content (AvgIpc) is 3.70. The van der Waals surface area contributed by atoms with E-state index in [1.165, 1.54) is 16.8 Å². The van der Waals surface area contributed by atoms with Crippen LogP contribution < -0.4 is 10.4 Å². The third-order valence-electron chi connectivity index (χ3n) is 11.0. The molecule has 0 amide bonds. The fraction of sp³-hybridized carbons (Fsp3) is 0.318. The molecule has 2 aliphatic rings. The van der Waals surface area contributed by atoms with Crippen molar-refractivity contribution in [1.29, 1.82) is 0 Å². The van der Waals surface area contributed by atoms with Crippen molar-refractivity contribution in [2.75, 3.05) is 19.8 Å². The zero-order chi connectivity index (χ0) is 33.1. The lowest BCUT2D eigenvalue weighted by atomic mass is 9.79. The molecule has 48 heavy (non-hydrogen) atoms. The molecule has 0 radical (unpaired) electrons. The number of ether oxygens (including phenoxy) is 1. The van der Waals surface area contributed by atoms with Crippen LogP contribution in [0, 0.1) is 0 Å². The molecule has 0 aromatic heterocycles. The van der Waals surface area contributed by atoms with Crippen LogP contribution >= 0.6 is 0 Å². The van der Waals surface area contributed by atoms with Crippen molar-refractivity contribution >= 4 is 18.7 Å². The fourth-order valence-electron chi connectivity index (χ4n) is 8.78. The molecule has 2 heterocycles. The summed E-state index contributed by atoms with van der Waals surface area (Å²) in [4.78, 5) is 2.77. The number of fused-ring (bicyclic) bond motifs is 1. The van der Waals surface area contributed by atoms with E-state index in [4.69, 9.17) is 9.16 Å². The molecule has 5 aromatic carbocycles. The second kappa shape index (κ2) is 13.6. The third kappa shape index (κ3) is 5.79. The standard InChI is InChI=1S/C44H49NO2Si/c1-42(2,3)48(40-26-15-7-16-27-40,41-28-17-8-18-29-41)47-34-39-30-32-43(31-19-33-45(39)43)35-46-44(36-20-9-4-10-21-36,37-22-11-5-12-23-37)38-24-13-6-14-25-38/h4-18,20-29,39H,19,30-35H2,1-3H3/t39-,43+/m0/s1. The molecule has 3 nitrogen and oxygen atoms in total. The van der Waals surface area contributed by atoms with E-state index < -0.39 is 13.9 Å². The highest BCUT2D eigenvalue weighted by atomic mass is 28.4. The summed E-state index contributed by atoms with van der Waals surface area (Å²) in [6.07, 6.45) is 4.58. The monoisotopic (exact) mass is 651 g/mol. The Balaban J connectivity index is 1.21. The van der Waals surface area contributed by atoms with Crippen LogP contribution in [0.3, 0.4) is 0 Å². The summed E-state index contributed by atoms with van der Waals surface area (Å²) < 4.78 is 15.0. The van der Waals surface area contributed by atoms with Gasteiger partial charge in [-0.2, -0.15) is 0 Å². The van der Waals surface area contributed by atoms with Gasteiger partial charge < -0.3 is 9.16 Å². The Morgan fingerprint density at radius 2 is 1.06 bits per heavy atom. The topological polar surface area (TPSA) is 21.7 Å². The van der Waals surface area contributed by atoms with Crippen molar-refractivity contribution in [3.8, 4) is 0 Å². The smallest absolute Gasteiger partial charge is 0.261 e. The second-order valence-electron chi connectivity index (χ2n) is 14.8. The Kier molecular flexibility index (Phi) is 9.28. The molecule has 4 heteroatoms. The van der Waals surface area contributed by atoms with Crippen molar-refractivity contribution in [3.05, 3.63) is 168 Å². The quantitative estimate of drug-likeness (QED) is 0.106. The van der Waals surface area contributed by atoms with Crippen molar-refractivity contribution in [2.24, 2.45) is 0 Å². The van der Waals surface area contributed by atoms with E-state index in [9.17, 15) is 0 Å². The Morgan fingerprint density at radius 1 is 0.625 bits per heavy atom. The maximum absolute atomic E-state index is 7.51. The number of nitrogens with zero attached hydrogens (tertiary/aromatic N) is 1. The van der Waals surface area contributed by atoms with Crippen LogP contribution in [0.15, 0.2) is 152 Å².